The van der Waals surface area contributed by atoms with Crippen molar-refractivity contribution in [3.05, 3.63) is 29.6 Å². The Kier molecular flexibility index (Phi) is 3.86. The summed E-state index contributed by atoms with van der Waals surface area (Å²) >= 11 is 3.06. The van der Waals surface area contributed by atoms with E-state index in [0.717, 1.165) is 0 Å². The highest BCUT2D eigenvalue weighted by molar-refractivity contribution is 9.09. The van der Waals surface area contributed by atoms with Crippen molar-refractivity contribution in [3.8, 4) is 0 Å². The predicted octanol–water partition coefficient (Wildman–Crippen LogP) is 1.42. The number of hydrogen-bond donors (Lipinski definition) is 0. The van der Waals surface area contributed by atoms with Crippen LogP contribution in [0.25, 0.3) is 0 Å². The van der Waals surface area contributed by atoms with Crippen molar-refractivity contribution < 1.29 is 14.3 Å². The van der Waals surface area contributed by atoms with Crippen LogP contribution in [0.4, 0.5) is 0 Å². The summed E-state index contributed by atoms with van der Waals surface area (Å²) < 4.78 is 4.94. The van der Waals surface area contributed by atoms with Gasteiger partial charge in [-0.2, -0.15) is 0 Å². The molecular weight excluding hydrogens is 248 g/mol. The number of halogens is 1. The Morgan fingerprint density at radius 2 is 2.43 bits per heavy atom. The maximum atomic E-state index is 11.4. The zero-order valence-corrected chi connectivity index (χ0v) is 9.21. The Morgan fingerprint density at radius 1 is 1.71 bits per heavy atom. The second-order valence-electron chi connectivity index (χ2n) is 2.74. The molecule has 0 N–H and O–H groups in total. The van der Waals surface area contributed by atoms with E-state index < -0.39 is 5.92 Å². The van der Waals surface area contributed by atoms with Crippen LogP contribution in [0.3, 0.4) is 0 Å². The SMILES string of the molecule is COC1=CC(=C=O)C(C(=O)CBr)C=C1. The van der Waals surface area contributed by atoms with Gasteiger partial charge in [-0.3, -0.25) is 4.79 Å². The molecule has 0 radical (unpaired) electrons. The van der Waals surface area contributed by atoms with Gasteiger partial charge in [0.05, 0.1) is 23.9 Å². The molecular formula is C10H9BrO3. The number of carbonyl (C=O) groups excluding carboxylic acids is 2. The van der Waals surface area contributed by atoms with E-state index in [4.69, 9.17) is 4.74 Å². The van der Waals surface area contributed by atoms with Crippen LogP contribution in [0.1, 0.15) is 0 Å². The van der Waals surface area contributed by atoms with Gasteiger partial charge in [0.15, 0.2) is 5.78 Å². The maximum absolute atomic E-state index is 11.4. The number of carbonyl (C=O) groups is 1. The molecule has 1 rings (SSSR count). The van der Waals surface area contributed by atoms with Gasteiger partial charge in [-0.25, -0.2) is 4.79 Å². The van der Waals surface area contributed by atoms with E-state index in [9.17, 15) is 9.59 Å². The highest BCUT2D eigenvalue weighted by Crippen LogP contribution is 2.22. The van der Waals surface area contributed by atoms with Gasteiger partial charge in [0, 0.05) is 0 Å². The number of ether oxygens (including phenoxy) is 1. The smallest absolute Gasteiger partial charge is 0.155 e. The third-order valence-electron chi connectivity index (χ3n) is 1.92. The van der Waals surface area contributed by atoms with Gasteiger partial charge in [-0.1, -0.05) is 22.0 Å². The fourth-order valence-electron chi connectivity index (χ4n) is 1.17. The van der Waals surface area contributed by atoms with Crippen molar-refractivity contribution >= 4 is 27.7 Å². The van der Waals surface area contributed by atoms with Crippen molar-refractivity contribution in [3.63, 3.8) is 0 Å². The number of alkyl halides is 1. The van der Waals surface area contributed by atoms with Gasteiger partial charge in [-0.15, -0.1) is 0 Å². The first-order valence-electron chi connectivity index (χ1n) is 4.00. The summed E-state index contributed by atoms with van der Waals surface area (Å²) in [6.07, 6.45) is 4.84. The number of ketones is 1. The number of Topliss-reactive ketones (excluding diaryl/α,β-unsaturated/α-hetero) is 1. The van der Waals surface area contributed by atoms with Crippen LogP contribution >= 0.6 is 15.9 Å². The van der Waals surface area contributed by atoms with Crippen molar-refractivity contribution in [1.82, 2.24) is 0 Å². The minimum absolute atomic E-state index is 0.0639. The quantitative estimate of drug-likeness (QED) is 0.567. The third kappa shape index (κ3) is 2.22. The lowest BCUT2D eigenvalue weighted by molar-refractivity contribution is -0.117. The second-order valence-corrected chi connectivity index (χ2v) is 3.31. The summed E-state index contributed by atoms with van der Waals surface area (Å²) in [5.74, 6) is 1.75. The monoisotopic (exact) mass is 256 g/mol. The minimum atomic E-state index is -0.495. The maximum Gasteiger partial charge on any atom is 0.155 e. The Labute approximate surface area is 90.3 Å². The predicted molar refractivity (Wildman–Crippen MR) is 55.7 cm³/mol. The Balaban J connectivity index is 2.96. The standard InChI is InChI=1S/C10H9BrO3/c1-14-8-2-3-9(10(13)5-11)7(4-8)6-12/h2-4,9H,5H2,1H3. The lowest BCUT2D eigenvalue weighted by Crippen LogP contribution is -2.17. The van der Waals surface area contributed by atoms with Crippen LogP contribution in [0, 0.1) is 5.92 Å². The van der Waals surface area contributed by atoms with Gasteiger partial charge in [0.25, 0.3) is 0 Å². The van der Waals surface area contributed by atoms with E-state index in [1.165, 1.54) is 13.2 Å². The molecule has 0 aliphatic heterocycles. The zero-order chi connectivity index (χ0) is 10.6. The van der Waals surface area contributed by atoms with Crippen molar-refractivity contribution in [2.45, 2.75) is 0 Å². The van der Waals surface area contributed by atoms with Gasteiger partial charge >= 0.3 is 0 Å². The highest BCUT2D eigenvalue weighted by atomic mass is 79.9. The first-order chi connectivity index (χ1) is 6.72. The van der Waals surface area contributed by atoms with E-state index >= 15 is 0 Å². The molecule has 14 heavy (non-hydrogen) atoms. The van der Waals surface area contributed by atoms with E-state index in [-0.39, 0.29) is 11.1 Å². The third-order valence-corrected chi connectivity index (χ3v) is 2.47. The van der Waals surface area contributed by atoms with Crippen molar-refractivity contribution in [2.24, 2.45) is 5.92 Å². The molecule has 0 saturated heterocycles. The van der Waals surface area contributed by atoms with Crippen LogP contribution in [-0.2, 0) is 14.3 Å². The molecule has 1 aliphatic rings. The van der Waals surface area contributed by atoms with E-state index in [1.54, 1.807) is 18.1 Å². The Hall–Kier alpha value is -1.12. The summed E-state index contributed by atoms with van der Waals surface area (Å²) in [6.45, 7) is 0. The summed E-state index contributed by atoms with van der Waals surface area (Å²) in [7, 11) is 1.51. The molecule has 0 spiro atoms. The van der Waals surface area contributed by atoms with Crippen LogP contribution in [-0.4, -0.2) is 24.2 Å². The van der Waals surface area contributed by atoms with Crippen LogP contribution < -0.4 is 0 Å². The molecule has 1 unspecified atom stereocenters. The molecule has 0 aromatic rings. The van der Waals surface area contributed by atoms with Crippen LogP contribution in [0.15, 0.2) is 29.6 Å². The van der Waals surface area contributed by atoms with E-state index in [1.807, 2.05) is 0 Å². The summed E-state index contributed by atoms with van der Waals surface area (Å²) in [6, 6.07) is 0. The van der Waals surface area contributed by atoms with Crippen LogP contribution in [0.5, 0.6) is 0 Å². The van der Waals surface area contributed by atoms with E-state index in [2.05, 4.69) is 15.9 Å². The van der Waals surface area contributed by atoms with Gasteiger partial charge in [-0.05, 0) is 12.2 Å². The molecule has 74 valence electrons. The molecule has 1 aliphatic carbocycles. The number of methoxy groups -OCH3 is 1. The summed E-state index contributed by atoms with van der Waals surface area (Å²) in [5, 5.41) is 0.226. The summed E-state index contributed by atoms with van der Waals surface area (Å²) in [4.78, 5) is 22.0. The average molecular weight is 257 g/mol. The molecule has 0 fully saturated rings. The van der Waals surface area contributed by atoms with Crippen molar-refractivity contribution in [1.29, 1.82) is 0 Å². The van der Waals surface area contributed by atoms with Gasteiger partial charge < -0.3 is 4.74 Å². The number of hydrogen-bond acceptors (Lipinski definition) is 3. The molecule has 0 heterocycles. The number of rotatable bonds is 3. The first-order valence-corrected chi connectivity index (χ1v) is 5.12. The molecule has 0 aromatic carbocycles. The Bertz CT molecular complexity index is 348. The van der Waals surface area contributed by atoms with Gasteiger partial charge in [0.1, 0.15) is 11.7 Å². The molecule has 0 saturated carbocycles. The first kappa shape index (κ1) is 11.0. The molecule has 1 atom stereocenters. The fraction of sp³-hybridized carbons (Fsp3) is 0.300. The molecule has 3 nitrogen and oxygen atoms in total. The summed E-state index contributed by atoms with van der Waals surface area (Å²) in [5.41, 5.74) is 0.314. The average Bonchev–Trinajstić information content (AvgIpc) is 2.27. The van der Waals surface area contributed by atoms with Crippen molar-refractivity contribution in [2.75, 3.05) is 12.4 Å². The molecule has 0 aromatic heterocycles. The Morgan fingerprint density at radius 3 is 2.93 bits per heavy atom. The van der Waals surface area contributed by atoms with E-state index in [0.29, 0.717) is 11.3 Å². The minimum Gasteiger partial charge on any atom is -0.497 e. The lowest BCUT2D eigenvalue weighted by Gasteiger charge is -2.14. The largest absolute Gasteiger partial charge is 0.497 e. The normalized spacial score (nSPS) is 20.0. The van der Waals surface area contributed by atoms with Crippen LogP contribution in [0.2, 0.25) is 0 Å². The fourth-order valence-corrected chi connectivity index (χ4v) is 1.52. The molecule has 0 bridgehead atoms. The topological polar surface area (TPSA) is 43.4 Å². The lowest BCUT2D eigenvalue weighted by atomic mass is 9.92. The zero-order valence-electron chi connectivity index (χ0n) is 7.62. The van der Waals surface area contributed by atoms with Gasteiger partial charge in [0.2, 0.25) is 0 Å². The second kappa shape index (κ2) is 4.94. The molecule has 4 heteroatoms. The molecule has 0 amide bonds. The highest BCUT2D eigenvalue weighted by Gasteiger charge is 2.22. The number of allylic oxidation sites excluding steroid dienone is 4.